The van der Waals surface area contributed by atoms with E-state index < -0.39 is 11.8 Å². The van der Waals surface area contributed by atoms with Crippen molar-refractivity contribution in [2.75, 3.05) is 33.1 Å². The summed E-state index contributed by atoms with van der Waals surface area (Å²) in [5.74, 6) is 0.268. The van der Waals surface area contributed by atoms with Crippen molar-refractivity contribution in [3.8, 4) is 5.75 Å². The van der Waals surface area contributed by atoms with Gasteiger partial charge in [-0.05, 0) is 55.4 Å². The van der Waals surface area contributed by atoms with Crippen LogP contribution in [0.25, 0.3) is 0 Å². The molecule has 0 amide bonds. The molecule has 1 heterocycles. The van der Waals surface area contributed by atoms with Gasteiger partial charge in [0.2, 0.25) is 0 Å². The molecular formula is C18H24FNO3S. The first-order valence-electron chi connectivity index (χ1n) is 8.46. The fourth-order valence-electron chi connectivity index (χ4n) is 3.14. The minimum Gasteiger partial charge on any atom is -0.493 e. The average molecular weight is 353 g/mol. The van der Waals surface area contributed by atoms with E-state index in [9.17, 15) is 9.18 Å². The molecule has 132 valence electrons. The third kappa shape index (κ3) is 4.03. The Kier molecular flexibility index (Phi) is 5.66. The molecule has 0 spiro atoms. The van der Waals surface area contributed by atoms with Crippen LogP contribution in [0.2, 0.25) is 0 Å². The van der Waals surface area contributed by atoms with Gasteiger partial charge < -0.3 is 9.47 Å². The molecule has 6 heteroatoms. The molecule has 0 radical (unpaired) electrons. The highest BCUT2D eigenvalue weighted by Crippen LogP contribution is 2.45. The number of hydrogen-bond donors (Lipinski definition) is 0. The van der Waals surface area contributed by atoms with E-state index in [4.69, 9.17) is 4.74 Å². The number of benzene rings is 1. The van der Waals surface area contributed by atoms with Crippen LogP contribution in [0.4, 0.5) is 4.39 Å². The van der Waals surface area contributed by atoms with Gasteiger partial charge in [-0.2, -0.15) is 0 Å². The van der Waals surface area contributed by atoms with Crippen molar-refractivity contribution >= 4 is 17.9 Å². The Hall–Kier alpha value is -1.27. The first kappa shape index (κ1) is 17.5. The molecule has 2 aliphatic rings. The quantitative estimate of drug-likeness (QED) is 0.574. The number of rotatable bonds is 6. The number of methoxy groups -OCH3 is 1. The Labute approximate surface area is 146 Å². The molecule has 3 rings (SSSR count). The monoisotopic (exact) mass is 353 g/mol. The molecular weight excluding hydrogens is 329 g/mol. The van der Waals surface area contributed by atoms with Gasteiger partial charge in [0, 0.05) is 19.2 Å². The normalized spacial score (nSPS) is 19.3. The SMILES string of the molecule is COC(=O)c1cc(C2CC2)c(OCC2CCN(SC)CC2)cc1F. The van der Waals surface area contributed by atoms with Gasteiger partial charge in [0.05, 0.1) is 19.3 Å². The fraction of sp³-hybridized carbons (Fsp3) is 0.611. The number of ether oxygens (including phenoxy) is 2. The number of esters is 1. The molecule has 1 aliphatic heterocycles. The van der Waals surface area contributed by atoms with Gasteiger partial charge in [0.15, 0.2) is 0 Å². The summed E-state index contributed by atoms with van der Waals surface area (Å²) in [6.45, 7) is 2.75. The largest absolute Gasteiger partial charge is 0.493 e. The number of piperidine rings is 1. The lowest BCUT2D eigenvalue weighted by Crippen LogP contribution is -2.31. The van der Waals surface area contributed by atoms with Crippen molar-refractivity contribution in [1.82, 2.24) is 4.31 Å². The van der Waals surface area contributed by atoms with E-state index >= 15 is 0 Å². The molecule has 1 aromatic carbocycles. The van der Waals surface area contributed by atoms with Crippen LogP contribution in [0.1, 0.15) is 47.5 Å². The second kappa shape index (κ2) is 7.74. The van der Waals surface area contributed by atoms with Crippen LogP contribution in [0.3, 0.4) is 0 Å². The predicted molar refractivity (Wildman–Crippen MR) is 93.0 cm³/mol. The van der Waals surface area contributed by atoms with E-state index in [2.05, 4.69) is 15.3 Å². The van der Waals surface area contributed by atoms with E-state index in [1.165, 1.54) is 13.2 Å². The molecule has 4 nitrogen and oxygen atoms in total. The summed E-state index contributed by atoms with van der Waals surface area (Å²) in [6.07, 6.45) is 6.43. The predicted octanol–water partition coefficient (Wildman–Crippen LogP) is 3.86. The molecule has 0 aromatic heterocycles. The smallest absolute Gasteiger partial charge is 0.340 e. The summed E-state index contributed by atoms with van der Waals surface area (Å²) in [6, 6.07) is 2.97. The van der Waals surface area contributed by atoms with Crippen LogP contribution in [-0.4, -0.2) is 43.3 Å². The molecule has 1 aromatic rings. The van der Waals surface area contributed by atoms with Crippen molar-refractivity contribution < 1.29 is 18.7 Å². The van der Waals surface area contributed by atoms with Gasteiger partial charge in [0.1, 0.15) is 11.6 Å². The van der Waals surface area contributed by atoms with Crippen LogP contribution in [0.5, 0.6) is 5.75 Å². The maximum Gasteiger partial charge on any atom is 0.340 e. The maximum atomic E-state index is 14.2. The van der Waals surface area contributed by atoms with Crippen LogP contribution in [0.15, 0.2) is 12.1 Å². The van der Waals surface area contributed by atoms with Gasteiger partial charge in [-0.25, -0.2) is 9.18 Å². The molecule has 2 fully saturated rings. The van der Waals surface area contributed by atoms with Crippen LogP contribution in [-0.2, 0) is 4.74 Å². The van der Waals surface area contributed by atoms with Crippen molar-refractivity contribution in [3.63, 3.8) is 0 Å². The summed E-state index contributed by atoms with van der Waals surface area (Å²) in [4.78, 5) is 11.7. The van der Waals surface area contributed by atoms with E-state index in [0.29, 0.717) is 24.2 Å². The van der Waals surface area contributed by atoms with Crippen LogP contribution < -0.4 is 4.74 Å². The highest BCUT2D eigenvalue weighted by atomic mass is 32.2. The molecule has 1 saturated heterocycles. The van der Waals surface area contributed by atoms with Crippen LogP contribution >= 0.6 is 11.9 Å². The van der Waals surface area contributed by atoms with Gasteiger partial charge >= 0.3 is 5.97 Å². The number of nitrogens with zero attached hydrogens (tertiary/aromatic N) is 1. The second-order valence-corrected chi connectivity index (χ2v) is 7.38. The lowest BCUT2D eigenvalue weighted by atomic mass is 9.99. The summed E-state index contributed by atoms with van der Waals surface area (Å²) in [5, 5.41) is 0. The van der Waals surface area contributed by atoms with Gasteiger partial charge in [-0.1, -0.05) is 11.9 Å². The van der Waals surface area contributed by atoms with E-state index in [1.807, 2.05) is 0 Å². The molecule has 0 atom stereocenters. The van der Waals surface area contributed by atoms with Gasteiger partial charge in [0.25, 0.3) is 0 Å². The Morgan fingerprint density at radius 1 is 1.29 bits per heavy atom. The lowest BCUT2D eigenvalue weighted by molar-refractivity contribution is 0.0595. The Morgan fingerprint density at radius 3 is 2.58 bits per heavy atom. The fourth-order valence-corrected chi connectivity index (χ4v) is 3.72. The van der Waals surface area contributed by atoms with E-state index in [-0.39, 0.29) is 5.56 Å². The highest BCUT2D eigenvalue weighted by molar-refractivity contribution is 7.96. The zero-order valence-corrected chi connectivity index (χ0v) is 15.0. The molecule has 1 saturated carbocycles. The Balaban J connectivity index is 1.69. The minimum absolute atomic E-state index is 0.0000266. The minimum atomic E-state index is -0.634. The Bertz CT molecular complexity index is 598. The van der Waals surface area contributed by atoms with Gasteiger partial charge in [-0.3, -0.25) is 4.31 Å². The zero-order valence-electron chi connectivity index (χ0n) is 14.2. The summed E-state index contributed by atoms with van der Waals surface area (Å²) < 4.78 is 27.2. The van der Waals surface area contributed by atoms with Gasteiger partial charge in [-0.15, -0.1) is 0 Å². The topological polar surface area (TPSA) is 38.8 Å². The number of carbonyl (C=O) groups excluding carboxylic acids is 1. The molecule has 0 N–H and O–H groups in total. The van der Waals surface area contributed by atoms with Crippen molar-refractivity contribution in [2.24, 2.45) is 5.92 Å². The first-order chi connectivity index (χ1) is 11.6. The third-order valence-electron chi connectivity index (χ3n) is 4.83. The van der Waals surface area contributed by atoms with E-state index in [0.717, 1.165) is 44.3 Å². The number of halogens is 1. The summed E-state index contributed by atoms with van der Waals surface area (Å²) in [5.41, 5.74) is 0.943. The summed E-state index contributed by atoms with van der Waals surface area (Å²) >= 11 is 1.78. The zero-order chi connectivity index (χ0) is 17.1. The first-order valence-corrected chi connectivity index (χ1v) is 9.64. The maximum absolute atomic E-state index is 14.2. The number of hydrogen-bond acceptors (Lipinski definition) is 5. The van der Waals surface area contributed by atoms with Crippen molar-refractivity contribution in [3.05, 3.63) is 29.1 Å². The molecule has 0 unspecified atom stereocenters. The van der Waals surface area contributed by atoms with Crippen LogP contribution in [0, 0.1) is 11.7 Å². The highest BCUT2D eigenvalue weighted by Gasteiger charge is 2.30. The number of carbonyl (C=O) groups is 1. The molecule has 24 heavy (non-hydrogen) atoms. The third-order valence-corrected chi connectivity index (χ3v) is 5.71. The Morgan fingerprint density at radius 2 is 2.00 bits per heavy atom. The van der Waals surface area contributed by atoms with Crippen molar-refractivity contribution in [1.29, 1.82) is 0 Å². The molecule has 0 bridgehead atoms. The summed E-state index contributed by atoms with van der Waals surface area (Å²) in [7, 11) is 1.27. The van der Waals surface area contributed by atoms with Crippen molar-refractivity contribution in [2.45, 2.75) is 31.6 Å². The average Bonchev–Trinajstić information content (AvgIpc) is 3.44. The second-order valence-electron chi connectivity index (χ2n) is 6.50. The standard InChI is InChI=1S/C18H24FNO3S/c1-22-18(21)15-9-14(13-3-4-13)17(10-16(15)19)23-11-12-5-7-20(24-2)8-6-12/h9-10,12-13H,3-8,11H2,1-2H3. The van der Waals surface area contributed by atoms with E-state index in [1.54, 1.807) is 18.0 Å². The molecule has 1 aliphatic carbocycles. The lowest BCUT2D eigenvalue weighted by Gasteiger charge is -2.30.